The average molecular weight is 202 g/mol. The molecule has 1 amide bonds. The summed E-state index contributed by atoms with van der Waals surface area (Å²) in [6.45, 7) is 2.44. The van der Waals surface area contributed by atoms with Crippen LogP contribution < -0.4 is 10.6 Å². The summed E-state index contributed by atoms with van der Waals surface area (Å²) in [5.41, 5.74) is 0. The first kappa shape index (κ1) is 11.4. The predicted octanol–water partition coefficient (Wildman–Crippen LogP) is -1.14. The fraction of sp³-hybridized carbons (Fsp3) is 0.889. The Labute approximate surface area is 83.8 Å². The van der Waals surface area contributed by atoms with Gasteiger partial charge < -0.3 is 20.5 Å². The van der Waals surface area contributed by atoms with E-state index in [1.54, 1.807) is 14.0 Å². The van der Waals surface area contributed by atoms with Crippen molar-refractivity contribution in [2.75, 3.05) is 20.3 Å². The smallest absolute Gasteiger partial charge is 0.237 e. The van der Waals surface area contributed by atoms with E-state index in [4.69, 9.17) is 9.84 Å². The van der Waals surface area contributed by atoms with Gasteiger partial charge in [-0.25, -0.2) is 0 Å². The molecule has 14 heavy (non-hydrogen) atoms. The Kier molecular flexibility index (Phi) is 4.31. The van der Waals surface area contributed by atoms with Crippen LogP contribution in [0.15, 0.2) is 0 Å². The number of rotatable bonds is 4. The zero-order valence-corrected chi connectivity index (χ0v) is 8.62. The summed E-state index contributed by atoms with van der Waals surface area (Å²) in [6, 6.07) is -0.375. The normalized spacial score (nSPS) is 28.8. The molecule has 5 heteroatoms. The lowest BCUT2D eigenvalue weighted by molar-refractivity contribution is -0.123. The molecule has 2 unspecified atom stereocenters. The van der Waals surface area contributed by atoms with E-state index in [1.807, 2.05) is 0 Å². The van der Waals surface area contributed by atoms with Crippen LogP contribution in [-0.4, -0.2) is 49.5 Å². The molecule has 1 saturated heterocycles. The van der Waals surface area contributed by atoms with Gasteiger partial charge in [0.25, 0.3) is 0 Å². The van der Waals surface area contributed by atoms with Crippen LogP contribution in [0.1, 0.15) is 13.3 Å². The van der Waals surface area contributed by atoms with Gasteiger partial charge in [-0.1, -0.05) is 0 Å². The number of nitrogens with one attached hydrogen (secondary N) is 2. The highest BCUT2D eigenvalue weighted by Crippen LogP contribution is 2.09. The molecule has 1 fully saturated rings. The van der Waals surface area contributed by atoms with Crippen molar-refractivity contribution >= 4 is 5.91 Å². The standard InChI is InChI=1S/C9H18N2O3/c1-6(5-12)11-9(13)8-3-7(14-2)4-10-8/h6-8,10,12H,3-5H2,1-2H3,(H,11,13)/t6-,7?,8?/m1/s1. The molecule has 0 aromatic heterocycles. The number of amides is 1. The molecule has 1 aliphatic rings. The summed E-state index contributed by atoms with van der Waals surface area (Å²) in [4.78, 5) is 11.5. The van der Waals surface area contributed by atoms with Crippen LogP contribution in [0, 0.1) is 0 Å². The van der Waals surface area contributed by atoms with Gasteiger partial charge >= 0.3 is 0 Å². The summed E-state index contributed by atoms with van der Waals surface area (Å²) in [7, 11) is 1.64. The fourth-order valence-corrected chi connectivity index (χ4v) is 1.47. The van der Waals surface area contributed by atoms with E-state index in [0.717, 1.165) is 0 Å². The molecule has 0 aromatic rings. The molecule has 82 valence electrons. The maximum absolute atomic E-state index is 11.5. The van der Waals surface area contributed by atoms with Crippen molar-refractivity contribution in [1.29, 1.82) is 0 Å². The van der Waals surface area contributed by atoms with Gasteiger partial charge in [0.05, 0.1) is 18.8 Å². The summed E-state index contributed by atoms with van der Waals surface area (Å²) in [6.07, 6.45) is 0.815. The van der Waals surface area contributed by atoms with Crippen molar-refractivity contribution < 1.29 is 14.6 Å². The molecule has 1 rings (SSSR count). The summed E-state index contributed by atoms with van der Waals surface area (Å²) >= 11 is 0. The third-order valence-electron chi connectivity index (χ3n) is 2.40. The van der Waals surface area contributed by atoms with Crippen LogP contribution in [0.4, 0.5) is 0 Å². The lowest BCUT2D eigenvalue weighted by Crippen LogP contribution is -2.45. The quantitative estimate of drug-likeness (QED) is 0.539. The van der Waals surface area contributed by atoms with Crippen molar-refractivity contribution in [3.8, 4) is 0 Å². The first-order valence-corrected chi connectivity index (χ1v) is 4.84. The van der Waals surface area contributed by atoms with Gasteiger partial charge in [0.1, 0.15) is 0 Å². The van der Waals surface area contributed by atoms with E-state index in [1.165, 1.54) is 0 Å². The van der Waals surface area contributed by atoms with Gasteiger partial charge in [-0.15, -0.1) is 0 Å². The number of aliphatic hydroxyl groups excluding tert-OH is 1. The molecular weight excluding hydrogens is 184 g/mol. The zero-order chi connectivity index (χ0) is 10.6. The Hall–Kier alpha value is -0.650. The van der Waals surface area contributed by atoms with Crippen LogP contribution in [0.5, 0.6) is 0 Å². The fourth-order valence-electron chi connectivity index (χ4n) is 1.47. The molecular formula is C9H18N2O3. The molecule has 0 spiro atoms. The van der Waals surface area contributed by atoms with Crippen LogP contribution >= 0.6 is 0 Å². The van der Waals surface area contributed by atoms with E-state index < -0.39 is 0 Å². The minimum atomic E-state index is -0.189. The number of hydrogen-bond acceptors (Lipinski definition) is 4. The Bertz CT molecular complexity index is 198. The predicted molar refractivity (Wildman–Crippen MR) is 51.9 cm³/mol. The highest BCUT2D eigenvalue weighted by molar-refractivity contribution is 5.82. The second-order valence-electron chi connectivity index (χ2n) is 3.65. The minimum absolute atomic E-state index is 0.0355. The Morgan fingerprint density at radius 3 is 3.00 bits per heavy atom. The van der Waals surface area contributed by atoms with Gasteiger partial charge in [-0.2, -0.15) is 0 Å². The van der Waals surface area contributed by atoms with E-state index in [9.17, 15) is 4.79 Å². The number of carbonyl (C=O) groups excluding carboxylic acids is 1. The molecule has 1 aliphatic heterocycles. The van der Waals surface area contributed by atoms with E-state index >= 15 is 0 Å². The van der Waals surface area contributed by atoms with E-state index in [-0.39, 0.29) is 30.7 Å². The van der Waals surface area contributed by atoms with E-state index in [0.29, 0.717) is 13.0 Å². The lowest BCUT2D eigenvalue weighted by Gasteiger charge is -2.15. The van der Waals surface area contributed by atoms with Crippen molar-refractivity contribution in [2.24, 2.45) is 0 Å². The first-order chi connectivity index (χ1) is 6.67. The molecule has 5 nitrogen and oxygen atoms in total. The van der Waals surface area contributed by atoms with Gasteiger partial charge in [0.2, 0.25) is 5.91 Å². The summed E-state index contributed by atoms with van der Waals surface area (Å²) in [5, 5.41) is 14.5. The topological polar surface area (TPSA) is 70.6 Å². The molecule has 0 aromatic carbocycles. The molecule has 0 bridgehead atoms. The second kappa shape index (κ2) is 5.29. The number of carbonyl (C=O) groups is 1. The van der Waals surface area contributed by atoms with Gasteiger partial charge in [-0.05, 0) is 13.3 Å². The van der Waals surface area contributed by atoms with Crippen LogP contribution in [-0.2, 0) is 9.53 Å². The molecule has 0 aliphatic carbocycles. The molecule has 0 radical (unpaired) electrons. The third-order valence-corrected chi connectivity index (χ3v) is 2.40. The van der Waals surface area contributed by atoms with Gasteiger partial charge in [-0.3, -0.25) is 4.79 Å². The summed E-state index contributed by atoms with van der Waals surface area (Å²) in [5.74, 6) is -0.0638. The summed E-state index contributed by atoms with van der Waals surface area (Å²) < 4.78 is 5.13. The largest absolute Gasteiger partial charge is 0.394 e. The Morgan fingerprint density at radius 2 is 2.50 bits per heavy atom. The number of methoxy groups -OCH3 is 1. The van der Waals surface area contributed by atoms with E-state index in [2.05, 4.69) is 10.6 Å². The van der Waals surface area contributed by atoms with Crippen molar-refractivity contribution in [3.05, 3.63) is 0 Å². The first-order valence-electron chi connectivity index (χ1n) is 4.84. The molecule has 0 saturated carbocycles. The van der Waals surface area contributed by atoms with Crippen molar-refractivity contribution in [2.45, 2.75) is 31.5 Å². The number of aliphatic hydroxyl groups is 1. The maximum Gasteiger partial charge on any atom is 0.237 e. The number of hydrogen-bond donors (Lipinski definition) is 3. The Morgan fingerprint density at radius 1 is 1.79 bits per heavy atom. The van der Waals surface area contributed by atoms with Crippen LogP contribution in [0.2, 0.25) is 0 Å². The van der Waals surface area contributed by atoms with Crippen molar-refractivity contribution in [3.63, 3.8) is 0 Å². The Balaban J connectivity index is 2.32. The SMILES string of the molecule is COC1CNC(C(=O)N[C@H](C)CO)C1. The van der Waals surface area contributed by atoms with Crippen LogP contribution in [0.3, 0.4) is 0 Å². The van der Waals surface area contributed by atoms with Gasteiger partial charge in [0, 0.05) is 19.7 Å². The van der Waals surface area contributed by atoms with Gasteiger partial charge in [0.15, 0.2) is 0 Å². The monoisotopic (exact) mass is 202 g/mol. The highest BCUT2D eigenvalue weighted by Gasteiger charge is 2.29. The third kappa shape index (κ3) is 2.94. The lowest BCUT2D eigenvalue weighted by atomic mass is 10.2. The zero-order valence-electron chi connectivity index (χ0n) is 8.62. The number of ether oxygens (including phenoxy) is 1. The van der Waals surface area contributed by atoms with Crippen molar-refractivity contribution in [1.82, 2.24) is 10.6 Å². The van der Waals surface area contributed by atoms with Crippen LogP contribution in [0.25, 0.3) is 0 Å². The highest BCUT2D eigenvalue weighted by atomic mass is 16.5. The molecule has 3 N–H and O–H groups in total. The average Bonchev–Trinajstić information content (AvgIpc) is 2.65. The second-order valence-corrected chi connectivity index (χ2v) is 3.65. The maximum atomic E-state index is 11.5. The minimum Gasteiger partial charge on any atom is -0.394 e. The molecule has 3 atom stereocenters. The molecule has 1 heterocycles.